The number of allylic oxidation sites excluding steroid dienone is 1. The Hall–Kier alpha value is -1.08. The summed E-state index contributed by atoms with van der Waals surface area (Å²) >= 11 is 0. The van der Waals surface area contributed by atoms with Crippen LogP contribution >= 0.6 is 0 Å². The number of hydrogen-bond acceptors (Lipinski definition) is 1. The summed E-state index contributed by atoms with van der Waals surface area (Å²) in [7, 11) is 0. The van der Waals surface area contributed by atoms with Gasteiger partial charge in [-0.2, -0.15) is 0 Å². The van der Waals surface area contributed by atoms with Gasteiger partial charge >= 0.3 is 0 Å². The van der Waals surface area contributed by atoms with Crippen molar-refractivity contribution in [1.82, 2.24) is 0 Å². The lowest BCUT2D eigenvalue weighted by Gasteiger charge is -2.07. The van der Waals surface area contributed by atoms with Crippen LogP contribution in [0.5, 0.6) is 0 Å². The van der Waals surface area contributed by atoms with Crippen molar-refractivity contribution in [2.45, 2.75) is 33.6 Å². The molecule has 0 bridgehead atoms. The zero-order valence-electron chi connectivity index (χ0n) is 10.7. The molecule has 0 fully saturated rings. The van der Waals surface area contributed by atoms with Gasteiger partial charge in [-0.3, -0.25) is 0 Å². The van der Waals surface area contributed by atoms with Crippen molar-refractivity contribution >= 4 is 5.57 Å². The molecule has 0 heterocycles. The van der Waals surface area contributed by atoms with Crippen LogP contribution in [-0.2, 0) is 6.42 Å². The van der Waals surface area contributed by atoms with Crippen molar-refractivity contribution in [3.63, 3.8) is 0 Å². The molecule has 0 saturated carbocycles. The van der Waals surface area contributed by atoms with E-state index < -0.39 is 0 Å². The van der Waals surface area contributed by atoms with Gasteiger partial charge in [0.05, 0.1) is 0 Å². The van der Waals surface area contributed by atoms with Gasteiger partial charge < -0.3 is 5.73 Å². The molecule has 1 rings (SSSR count). The van der Waals surface area contributed by atoms with Gasteiger partial charge in [0, 0.05) is 0 Å². The molecule has 0 atom stereocenters. The van der Waals surface area contributed by atoms with E-state index in [0.717, 1.165) is 25.3 Å². The molecule has 0 aromatic heterocycles. The smallest absolute Gasteiger partial charge is 0.00424 e. The van der Waals surface area contributed by atoms with Crippen LogP contribution in [0.1, 0.15) is 38.3 Å². The number of nitrogens with two attached hydrogens (primary N) is 1. The summed E-state index contributed by atoms with van der Waals surface area (Å²) in [4.78, 5) is 0. The Morgan fingerprint density at radius 2 is 1.88 bits per heavy atom. The van der Waals surface area contributed by atoms with E-state index in [0.29, 0.717) is 0 Å². The normalized spacial score (nSPS) is 12.2. The summed E-state index contributed by atoms with van der Waals surface area (Å²) in [6.07, 6.45) is 4.32. The molecule has 0 unspecified atom stereocenters. The standard InChI is InChI=1S/C15H23N/c1-12(2)11-14-6-8-15(9-7-14)13(3)5-4-10-16/h5-9,12H,4,10-11,16H2,1-3H3. The molecule has 0 aliphatic carbocycles. The zero-order valence-corrected chi connectivity index (χ0v) is 10.7. The molecular weight excluding hydrogens is 194 g/mol. The molecule has 1 aromatic rings. The predicted octanol–water partition coefficient (Wildman–Crippen LogP) is 3.64. The van der Waals surface area contributed by atoms with Crippen LogP contribution < -0.4 is 5.73 Å². The summed E-state index contributed by atoms with van der Waals surface area (Å²) < 4.78 is 0. The van der Waals surface area contributed by atoms with Crippen molar-refractivity contribution in [2.75, 3.05) is 6.54 Å². The Kier molecular flexibility index (Phi) is 5.27. The van der Waals surface area contributed by atoms with Gasteiger partial charge in [0.25, 0.3) is 0 Å². The Balaban J connectivity index is 2.70. The minimum Gasteiger partial charge on any atom is -0.330 e. The fourth-order valence-corrected chi connectivity index (χ4v) is 1.79. The molecule has 0 radical (unpaired) electrons. The number of rotatable bonds is 5. The van der Waals surface area contributed by atoms with E-state index in [2.05, 4.69) is 51.1 Å². The van der Waals surface area contributed by atoms with Crippen molar-refractivity contribution in [3.8, 4) is 0 Å². The Morgan fingerprint density at radius 1 is 1.25 bits per heavy atom. The summed E-state index contributed by atoms with van der Waals surface area (Å²) in [5.74, 6) is 0.722. The van der Waals surface area contributed by atoms with E-state index >= 15 is 0 Å². The van der Waals surface area contributed by atoms with Crippen molar-refractivity contribution < 1.29 is 0 Å². The molecule has 1 heteroatoms. The number of benzene rings is 1. The summed E-state index contributed by atoms with van der Waals surface area (Å²) in [6, 6.07) is 8.88. The van der Waals surface area contributed by atoms with Crippen LogP contribution in [0.2, 0.25) is 0 Å². The molecule has 0 aliphatic heterocycles. The highest BCUT2D eigenvalue weighted by Gasteiger charge is 1.99. The van der Waals surface area contributed by atoms with Gasteiger partial charge in [-0.15, -0.1) is 0 Å². The molecule has 0 amide bonds. The minimum atomic E-state index is 0.722. The molecule has 1 aromatic carbocycles. The molecule has 1 nitrogen and oxygen atoms in total. The highest BCUT2D eigenvalue weighted by atomic mass is 14.5. The van der Waals surface area contributed by atoms with E-state index in [4.69, 9.17) is 5.73 Å². The summed E-state index contributed by atoms with van der Waals surface area (Å²) in [5.41, 5.74) is 9.54. The van der Waals surface area contributed by atoms with Gasteiger partial charge in [-0.1, -0.05) is 44.2 Å². The second kappa shape index (κ2) is 6.49. The summed E-state index contributed by atoms with van der Waals surface area (Å²) in [5, 5.41) is 0. The lowest BCUT2D eigenvalue weighted by molar-refractivity contribution is 0.647. The Morgan fingerprint density at radius 3 is 2.38 bits per heavy atom. The van der Waals surface area contributed by atoms with Crippen molar-refractivity contribution in [3.05, 3.63) is 41.5 Å². The predicted molar refractivity (Wildman–Crippen MR) is 72.3 cm³/mol. The van der Waals surface area contributed by atoms with E-state index in [1.165, 1.54) is 16.7 Å². The third kappa shape index (κ3) is 4.19. The second-order valence-electron chi connectivity index (χ2n) is 4.76. The molecule has 0 saturated heterocycles. The monoisotopic (exact) mass is 217 g/mol. The molecule has 0 aliphatic rings. The molecule has 0 spiro atoms. The van der Waals surface area contributed by atoms with Crippen molar-refractivity contribution in [2.24, 2.45) is 11.7 Å². The van der Waals surface area contributed by atoms with E-state index in [1.54, 1.807) is 0 Å². The average molecular weight is 217 g/mol. The lowest BCUT2D eigenvalue weighted by Crippen LogP contribution is -1.96. The maximum absolute atomic E-state index is 5.49. The third-order valence-electron chi connectivity index (χ3n) is 2.67. The van der Waals surface area contributed by atoms with Crippen molar-refractivity contribution in [1.29, 1.82) is 0 Å². The van der Waals surface area contributed by atoms with Gasteiger partial charge in [0.1, 0.15) is 0 Å². The first-order valence-electron chi connectivity index (χ1n) is 6.09. The first kappa shape index (κ1) is 13.0. The van der Waals surface area contributed by atoms with Gasteiger partial charge in [0.2, 0.25) is 0 Å². The highest BCUT2D eigenvalue weighted by molar-refractivity contribution is 5.63. The topological polar surface area (TPSA) is 26.0 Å². The Bertz CT molecular complexity index is 333. The molecule has 16 heavy (non-hydrogen) atoms. The molecule has 88 valence electrons. The van der Waals surface area contributed by atoms with E-state index in [-0.39, 0.29) is 0 Å². The van der Waals surface area contributed by atoms with E-state index in [9.17, 15) is 0 Å². The highest BCUT2D eigenvalue weighted by Crippen LogP contribution is 2.16. The Labute approximate surface area is 99.4 Å². The van der Waals surface area contributed by atoms with Gasteiger partial charge in [-0.25, -0.2) is 0 Å². The molecule has 2 N–H and O–H groups in total. The van der Waals surface area contributed by atoms with Crippen LogP contribution in [-0.4, -0.2) is 6.54 Å². The van der Waals surface area contributed by atoms with Crippen LogP contribution in [0, 0.1) is 5.92 Å². The SMILES string of the molecule is CC(=CCCN)c1ccc(CC(C)C)cc1. The van der Waals surface area contributed by atoms with Crippen LogP contribution in [0.25, 0.3) is 5.57 Å². The van der Waals surface area contributed by atoms with Gasteiger partial charge in [0.15, 0.2) is 0 Å². The van der Waals surface area contributed by atoms with Crippen LogP contribution in [0.15, 0.2) is 30.3 Å². The van der Waals surface area contributed by atoms with Crippen LogP contribution in [0.4, 0.5) is 0 Å². The maximum atomic E-state index is 5.49. The first-order valence-corrected chi connectivity index (χ1v) is 6.09. The lowest BCUT2D eigenvalue weighted by atomic mass is 9.99. The summed E-state index contributed by atoms with van der Waals surface area (Å²) in [6.45, 7) is 7.37. The minimum absolute atomic E-state index is 0.722. The molecular formula is C15H23N. The number of hydrogen-bond donors (Lipinski definition) is 1. The fraction of sp³-hybridized carbons (Fsp3) is 0.467. The van der Waals surface area contributed by atoms with Gasteiger partial charge in [-0.05, 0) is 48.9 Å². The average Bonchev–Trinajstić information content (AvgIpc) is 2.26. The third-order valence-corrected chi connectivity index (χ3v) is 2.67. The van der Waals surface area contributed by atoms with Crippen LogP contribution in [0.3, 0.4) is 0 Å². The van der Waals surface area contributed by atoms with E-state index in [1.807, 2.05) is 0 Å². The fourth-order valence-electron chi connectivity index (χ4n) is 1.79. The zero-order chi connectivity index (χ0) is 12.0. The quantitative estimate of drug-likeness (QED) is 0.800. The maximum Gasteiger partial charge on any atom is -0.00424 e. The first-order chi connectivity index (χ1) is 7.63. The largest absolute Gasteiger partial charge is 0.330 e. The second-order valence-corrected chi connectivity index (χ2v) is 4.76.